The monoisotopic (exact) mass is 117 g/mol. The molecular formula is C4H12BNO2. The van der Waals surface area contributed by atoms with Crippen molar-refractivity contribution >= 4 is 7.12 Å². The Morgan fingerprint density at radius 2 is 2.12 bits per heavy atom. The Morgan fingerprint density at radius 1 is 1.62 bits per heavy atom. The van der Waals surface area contributed by atoms with Gasteiger partial charge in [-0.05, 0) is 12.7 Å². The molecule has 0 rings (SSSR count). The predicted octanol–water partition coefficient (Wildman–Crippen LogP) is -0.804. The summed E-state index contributed by atoms with van der Waals surface area (Å²) in [5.74, 6) is 0. The van der Waals surface area contributed by atoms with Gasteiger partial charge in [0, 0.05) is 6.04 Å². The molecular weight excluding hydrogens is 105 g/mol. The lowest BCUT2D eigenvalue weighted by Crippen LogP contribution is -2.19. The van der Waals surface area contributed by atoms with E-state index in [-0.39, 0.29) is 6.04 Å². The van der Waals surface area contributed by atoms with Crippen LogP contribution in [-0.4, -0.2) is 23.2 Å². The van der Waals surface area contributed by atoms with Crippen LogP contribution in [-0.2, 0) is 0 Å². The Balaban J connectivity index is 2.93. The van der Waals surface area contributed by atoms with Crippen molar-refractivity contribution in [3.8, 4) is 0 Å². The number of rotatable bonds is 3. The van der Waals surface area contributed by atoms with Crippen LogP contribution in [0.1, 0.15) is 13.3 Å². The van der Waals surface area contributed by atoms with Gasteiger partial charge in [-0.2, -0.15) is 0 Å². The normalized spacial score (nSPS) is 13.5. The van der Waals surface area contributed by atoms with Crippen molar-refractivity contribution in [1.82, 2.24) is 0 Å². The molecule has 0 bridgehead atoms. The van der Waals surface area contributed by atoms with Crippen LogP contribution in [0.5, 0.6) is 0 Å². The fourth-order valence-corrected chi connectivity index (χ4v) is 0.412. The zero-order chi connectivity index (χ0) is 6.57. The Bertz CT molecular complexity index is 50.0. The molecule has 1 unspecified atom stereocenters. The summed E-state index contributed by atoms with van der Waals surface area (Å²) < 4.78 is 0. The third-order valence-electron chi connectivity index (χ3n) is 0.880. The van der Waals surface area contributed by atoms with Gasteiger partial charge >= 0.3 is 7.12 Å². The van der Waals surface area contributed by atoms with E-state index in [1.807, 2.05) is 6.92 Å². The fourth-order valence-electron chi connectivity index (χ4n) is 0.412. The van der Waals surface area contributed by atoms with E-state index in [2.05, 4.69) is 0 Å². The Morgan fingerprint density at radius 3 is 2.25 bits per heavy atom. The van der Waals surface area contributed by atoms with E-state index < -0.39 is 7.12 Å². The van der Waals surface area contributed by atoms with Crippen LogP contribution in [0.3, 0.4) is 0 Å². The van der Waals surface area contributed by atoms with Crippen LogP contribution in [0.15, 0.2) is 0 Å². The van der Waals surface area contributed by atoms with Gasteiger partial charge in [0.1, 0.15) is 0 Å². The van der Waals surface area contributed by atoms with Crippen molar-refractivity contribution in [1.29, 1.82) is 0 Å². The summed E-state index contributed by atoms with van der Waals surface area (Å²) >= 11 is 0. The molecule has 0 fully saturated rings. The van der Waals surface area contributed by atoms with Crippen molar-refractivity contribution < 1.29 is 10.0 Å². The molecule has 0 aromatic heterocycles. The van der Waals surface area contributed by atoms with E-state index in [1.165, 1.54) is 0 Å². The van der Waals surface area contributed by atoms with E-state index in [4.69, 9.17) is 15.8 Å². The van der Waals surface area contributed by atoms with Crippen molar-refractivity contribution in [3.05, 3.63) is 0 Å². The first-order chi connectivity index (χ1) is 3.63. The third kappa shape index (κ3) is 5.94. The molecule has 8 heavy (non-hydrogen) atoms. The molecule has 0 radical (unpaired) electrons. The highest BCUT2D eigenvalue weighted by atomic mass is 16.4. The zero-order valence-corrected chi connectivity index (χ0v) is 5.04. The van der Waals surface area contributed by atoms with Gasteiger partial charge in [0.05, 0.1) is 0 Å². The smallest absolute Gasteiger partial charge is 0.427 e. The molecule has 0 saturated carbocycles. The molecule has 3 nitrogen and oxygen atoms in total. The zero-order valence-electron chi connectivity index (χ0n) is 5.04. The minimum atomic E-state index is -1.19. The summed E-state index contributed by atoms with van der Waals surface area (Å²) in [6.45, 7) is 1.84. The molecule has 0 aliphatic rings. The van der Waals surface area contributed by atoms with E-state index in [0.29, 0.717) is 12.7 Å². The molecule has 0 aromatic rings. The SMILES string of the molecule is CC(N)CCB(O)O. The van der Waals surface area contributed by atoms with Crippen LogP contribution >= 0.6 is 0 Å². The maximum atomic E-state index is 8.30. The predicted molar refractivity (Wildman–Crippen MR) is 33.3 cm³/mol. The van der Waals surface area contributed by atoms with Crippen molar-refractivity contribution in [3.63, 3.8) is 0 Å². The minimum absolute atomic E-state index is 0.0665. The van der Waals surface area contributed by atoms with Gasteiger partial charge in [0.2, 0.25) is 0 Å². The van der Waals surface area contributed by atoms with Gasteiger partial charge in [-0.15, -0.1) is 0 Å². The van der Waals surface area contributed by atoms with Crippen molar-refractivity contribution in [2.45, 2.75) is 25.7 Å². The quantitative estimate of drug-likeness (QED) is 0.423. The second-order valence-electron chi connectivity index (χ2n) is 2.04. The topological polar surface area (TPSA) is 66.5 Å². The molecule has 0 saturated heterocycles. The molecule has 4 heteroatoms. The van der Waals surface area contributed by atoms with Crippen LogP contribution in [0.4, 0.5) is 0 Å². The number of hydrogen-bond donors (Lipinski definition) is 3. The first kappa shape index (κ1) is 7.94. The van der Waals surface area contributed by atoms with Crippen LogP contribution in [0, 0.1) is 0 Å². The van der Waals surface area contributed by atoms with Crippen molar-refractivity contribution in [2.24, 2.45) is 5.73 Å². The fraction of sp³-hybridized carbons (Fsp3) is 1.00. The summed E-state index contributed by atoms with van der Waals surface area (Å²) in [6, 6.07) is 0.0665. The number of hydrogen-bond acceptors (Lipinski definition) is 3. The molecule has 1 atom stereocenters. The van der Waals surface area contributed by atoms with Gasteiger partial charge in [-0.25, -0.2) is 0 Å². The molecule has 0 spiro atoms. The second-order valence-corrected chi connectivity index (χ2v) is 2.04. The van der Waals surface area contributed by atoms with Gasteiger partial charge in [0.25, 0.3) is 0 Å². The second kappa shape index (κ2) is 3.89. The third-order valence-corrected chi connectivity index (χ3v) is 0.880. The lowest BCUT2D eigenvalue weighted by Gasteiger charge is -2.01. The first-order valence-corrected chi connectivity index (χ1v) is 2.74. The van der Waals surface area contributed by atoms with Crippen LogP contribution in [0.2, 0.25) is 6.32 Å². The summed E-state index contributed by atoms with van der Waals surface area (Å²) in [7, 11) is -1.19. The summed E-state index contributed by atoms with van der Waals surface area (Å²) in [5.41, 5.74) is 5.32. The average molecular weight is 117 g/mol. The maximum Gasteiger partial charge on any atom is 0.451 e. The van der Waals surface area contributed by atoms with Gasteiger partial charge in [-0.3, -0.25) is 0 Å². The first-order valence-electron chi connectivity index (χ1n) is 2.74. The molecule has 0 aliphatic carbocycles. The van der Waals surface area contributed by atoms with Crippen LogP contribution in [0.25, 0.3) is 0 Å². The molecule has 0 aromatic carbocycles. The standard InChI is InChI=1S/C4H12BNO2/c1-4(6)2-3-5(7)8/h4,7-8H,2-3,6H2,1H3. The Hall–Kier alpha value is -0.0551. The number of nitrogens with two attached hydrogens (primary N) is 1. The lowest BCUT2D eigenvalue weighted by molar-refractivity contribution is 0.400. The highest BCUT2D eigenvalue weighted by Gasteiger charge is 2.06. The van der Waals surface area contributed by atoms with Gasteiger partial charge in [0.15, 0.2) is 0 Å². The molecule has 0 heterocycles. The Kier molecular flexibility index (Phi) is 3.86. The minimum Gasteiger partial charge on any atom is -0.427 e. The highest BCUT2D eigenvalue weighted by molar-refractivity contribution is 6.40. The summed E-state index contributed by atoms with van der Waals surface area (Å²) in [5, 5.41) is 16.6. The van der Waals surface area contributed by atoms with E-state index in [1.54, 1.807) is 0 Å². The maximum absolute atomic E-state index is 8.30. The Labute approximate surface area is 49.7 Å². The van der Waals surface area contributed by atoms with Gasteiger partial charge < -0.3 is 15.8 Å². The summed E-state index contributed by atoms with van der Waals surface area (Å²) in [4.78, 5) is 0. The average Bonchev–Trinajstić information content (AvgIpc) is 1.61. The lowest BCUT2D eigenvalue weighted by atomic mass is 9.83. The molecule has 48 valence electrons. The molecule has 0 amide bonds. The molecule has 4 N–H and O–H groups in total. The van der Waals surface area contributed by atoms with E-state index in [0.717, 1.165) is 0 Å². The van der Waals surface area contributed by atoms with Crippen LogP contribution < -0.4 is 5.73 Å². The van der Waals surface area contributed by atoms with E-state index in [9.17, 15) is 0 Å². The van der Waals surface area contributed by atoms with Crippen molar-refractivity contribution in [2.75, 3.05) is 0 Å². The highest BCUT2D eigenvalue weighted by Crippen LogP contribution is 1.94. The molecule has 0 aliphatic heterocycles. The largest absolute Gasteiger partial charge is 0.451 e. The van der Waals surface area contributed by atoms with Gasteiger partial charge in [-0.1, -0.05) is 6.92 Å². The van der Waals surface area contributed by atoms with E-state index >= 15 is 0 Å². The summed E-state index contributed by atoms with van der Waals surface area (Å²) in [6.07, 6.45) is 1.04.